The summed E-state index contributed by atoms with van der Waals surface area (Å²) in [5.74, 6) is -2.20. The van der Waals surface area contributed by atoms with Crippen LogP contribution in [-0.4, -0.2) is 88.9 Å². The summed E-state index contributed by atoms with van der Waals surface area (Å²) in [6.07, 6.45) is 0. The second-order valence-corrected chi connectivity index (χ2v) is 2.67. The van der Waals surface area contributed by atoms with E-state index < -0.39 is 11.9 Å². The molecule has 0 aromatic heterocycles. The molecule has 96 valence electrons. The molecule has 0 rings (SSSR count). The van der Waals surface area contributed by atoms with Crippen LogP contribution in [-0.2, 0) is 9.59 Å². The standard InChI is InChI=1S/2C4H10N2O2.Ca/c2*5-1-2-6-3-4(7)8;/h2*6H,1-3,5H2,(H,7,8);/q;;+2/p-2. The summed E-state index contributed by atoms with van der Waals surface area (Å²) in [6.45, 7) is 1.72. The molecule has 0 aliphatic carbocycles. The number of carboxylic acid groups (broad SMARTS) is 2. The van der Waals surface area contributed by atoms with Crippen LogP contribution in [0.25, 0.3) is 0 Å². The average molecular weight is 274 g/mol. The van der Waals surface area contributed by atoms with Crippen molar-refractivity contribution < 1.29 is 19.8 Å². The molecule has 0 atom stereocenters. The van der Waals surface area contributed by atoms with E-state index in [-0.39, 0.29) is 50.8 Å². The fourth-order valence-electron chi connectivity index (χ4n) is 0.585. The van der Waals surface area contributed by atoms with Crippen LogP contribution in [0, 0.1) is 0 Å². The van der Waals surface area contributed by atoms with Crippen LogP contribution in [0.4, 0.5) is 0 Å². The number of carbonyl (C=O) groups is 2. The summed E-state index contributed by atoms with van der Waals surface area (Å²) < 4.78 is 0. The molecule has 0 bridgehead atoms. The Hall–Kier alpha value is 0.0397. The summed E-state index contributed by atoms with van der Waals surface area (Å²) in [5, 5.41) is 24.4. The first-order valence-corrected chi connectivity index (χ1v) is 4.75. The number of hydrogen-bond acceptors (Lipinski definition) is 8. The van der Waals surface area contributed by atoms with E-state index in [1.165, 1.54) is 0 Å². The van der Waals surface area contributed by atoms with Crippen molar-refractivity contribution in [2.24, 2.45) is 11.5 Å². The molecule has 0 aromatic rings. The Labute approximate surface area is 130 Å². The van der Waals surface area contributed by atoms with Gasteiger partial charge in [0.05, 0.1) is 11.9 Å². The number of hydrogen-bond donors (Lipinski definition) is 4. The van der Waals surface area contributed by atoms with E-state index >= 15 is 0 Å². The number of carboxylic acids is 2. The van der Waals surface area contributed by atoms with Crippen molar-refractivity contribution in [3.63, 3.8) is 0 Å². The number of carbonyl (C=O) groups excluding carboxylic acids is 2. The van der Waals surface area contributed by atoms with Crippen LogP contribution in [0.5, 0.6) is 0 Å². The predicted octanol–water partition coefficient (Wildman–Crippen LogP) is -5.81. The van der Waals surface area contributed by atoms with Gasteiger partial charge in [0.25, 0.3) is 0 Å². The molecule has 0 aliphatic heterocycles. The molecule has 0 fully saturated rings. The molecule has 0 spiro atoms. The molecule has 0 saturated heterocycles. The van der Waals surface area contributed by atoms with Gasteiger partial charge in [-0.15, -0.1) is 0 Å². The molecule has 0 amide bonds. The third-order valence-electron chi connectivity index (χ3n) is 1.18. The Balaban J connectivity index is -0.000000218. The number of rotatable bonds is 8. The van der Waals surface area contributed by atoms with Crippen LogP contribution >= 0.6 is 0 Å². The maximum Gasteiger partial charge on any atom is 2.00 e. The van der Waals surface area contributed by atoms with Crippen molar-refractivity contribution in [2.45, 2.75) is 0 Å². The first kappa shape index (κ1) is 22.2. The van der Waals surface area contributed by atoms with Crippen LogP contribution in [0.1, 0.15) is 0 Å². The molecule has 17 heavy (non-hydrogen) atoms. The Morgan fingerprint density at radius 1 is 0.882 bits per heavy atom. The van der Waals surface area contributed by atoms with E-state index in [2.05, 4.69) is 10.6 Å². The monoisotopic (exact) mass is 274 g/mol. The van der Waals surface area contributed by atoms with Crippen LogP contribution in [0.15, 0.2) is 0 Å². The minimum atomic E-state index is -1.10. The van der Waals surface area contributed by atoms with E-state index in [1.54, 1.807) is 0 Å². The molecular formula is C8H18CaN4O4. The van der Waals surface area contributed by atoms with Crippen LogP contribution < -0.4 is 32.3 Å². The summed E-state index contributed by atoms with van der Waals surface area (Å²) >= 11 is 0. The molecule has 0 saturated carbocycles. The summed E-state index contributed by atoms with van der Waals surface area (Å²) in [5.41, 5.74) is 10.1. The van der Waals surface area contributed by atoms with E-state index in [9.17, 15) is 19.8 Å². The zero-order valence-corrected chi connectivity index (χ0v) is 11.9. The molecule has 0 aliphatic rings. The van der Waals surface area contributed by atoms with Gasteiger partial charge in [-0.1, -0.05) is 0 Å². The molecule has 8 nitrogen and oxygen atoms in total. The van der Waals surface area contributed by atoms with Gasteiger partial charge in [-0.25, -0.2) is 0 Å². The normalized spacial score (nSPS) is 8.59. The van der Waals surface area contributed by atoms with E-state index in [0.717, 1.165) is 0 Å². The third kappa shape index (κ3) is 31.4. The zero-order valence-electron chi connectivity index (χ0n) is 9.74. The Morgan fingerprint density at radius 3 is 1.35 bits per heavy atom. The molecule has 6 N–H and O–H groups in total. The fourth-order valence-corrected chi connectivity index (χ4v) is 0.585. The first-order chi connectivity index (χ1) is 7.54. The Kier molecular flexibility index (Phi) is 24.1. The van der Waals surface area contributed by atoms with Gasteiger partial charge in [0, 0.05) is 39.3 Å². The van der Waals surface area contributed by atoms with Crippen LogP contribution in [0.3, 0.4) is 0 Å². The average Bonchev–Trinajstić information content (AvgIpc) is 2.18. The Bertz CT molecular complexity index is 174. The van der Waals surface area contributed by atoms with Crippen molar-refractivity contribution in [1.29, 1.82) is 0 Å². The van der Waals surface area contributed by atoms with Gasteiger partial charge in [0.15, 0.2) is 0 Å². The number of nitrogens with two attached hydrogens (primary N) is 2. The number of nitrogens with one attached hydrogen (secondary N) is 2. The van der Waals surface area contributed by atoms with Crippen molar-refractivity contribution in [3.05, 3.63) is 0 Å². The van der Waals surface area contributed by atoms with E-state index in [4.69, 9.17) is 11.5 Å². The molecule has 0 aromatic carbocycles. The smallest absolute Gasteiger partial charge is 0.549 e. The van der Waals surface area contributed by atoms with Gasteiger partial charge in [-0.3, -0.25) is 0 Å². The summed E-state index contributed by atoms with van der Waals surface area (Å²) in [4.78, 5) is 19.3. The maximum absolute atomic E-state index is 9.66. The quantitative estimate of drug-likeness (QED) is 0.252. The minimum absolute atomic E-state index is 0. The Morgan fingerprint density at radius 2 is 1.18 bits per heavy atom. The number of aliphatic carboxylic acids is 2. The molecular weight excluding hydrogens is 256 g/mol. The molecule has 9 heteroatoms. The van der Waals surface area contributed by atoms with Crippen molar-refractivity contribution in [1.82, 2.24) is 10.6 Å². The van der Waals surface area contributed by atoms with Gasteiger partial charge in [0.2, 0.25) is 0 Å². The van der Waals surface area contributed by atoms with E-state index in [0.29, 0.717) is 26.2 Å². The SMILES string of the molecule is NCCNCC(=O)[O-].NCCNCC(=O)[O-].[Ca+2]. The topological polar surface area (TPSA) is 156 Å². The fraction of sp³-hybridized carbons (Fsp3) is 0.750. The van der Waals surface area contributed by atoms with E-state index in [1.807, 2.05) is 0 Å². The first-order valence-electron chi connectivity index (χ1n) is 4.75. The zero-order chi connectivity index (χ0) is 12.8. The largest absolute Gasteiger partial charge is 2.00 e. The maximum atomic E-state index is 9.66. The van der Waals surface area contributed by atoms with Gasteiger partial charge in [0.1, 0.15) is 0 Å². The predicted molar refractivity (Wildman–Crippen MR) is 59.6 cm³/mol. The molecule has 0 unspecified atom stereocenters. The molecule has 0 radical (unpaired) electrons. The summed E-state index contributed by atoms with van der Waals surface area (Å²) in [7, 11) is 0. The van der Waals surface area contributed by atoms with Gasteiger partial charge in [-0.05, 0) is 0 Å². The second-order valence-electron chi connectivity index (χ2n) is 2.67. The second kappa shape index (κ2) is 18.4. The third-order valence-corrected chi connectivity index (χ3v) is 1.18. The van der Waals surface area contributed by atoms with Gasteiger partial charge < -0.3 is 41.9 Å². The van der Waals surface area contributed by atoms with Gasteiger partial charge >= 0.3 is 37.7 Å². The van der Waals surface area contributed by atoms with Crippen molar-refractivity contribution in [2.75, 3.05) is 39.3 Å². The van der Waals surface area contributed by atoms with Crippen molar-refractivity contribution >= 4 is 49.7 Å². The minimum Gasteiger partial charge on any atom is -0.549 e. The molecule has 0 heterocycles. The summed E-state index contributed by atoms with van der Waals surface area (Å²) in [6, 6.07) is 0. The van der Waals surface area contributed by atoms with Crippen LogP contribution in [0.2, 0.25) is 0 Å². The van der Waals surface area contributed by atoms with Gasteiger partial charge in [-0.2, -0.15) is 0 Å². The van der Waals surface area contributed by atoms with Crippen molar-refractivity contribution in [3.8, 4) is 0 Å².